The number of rotatable bonds is 3. The van der Waals surface area contributed by atoms with Crippen LogP contribution in [0.5, 0.6) is 0 Å². The van der Waals surface area contributed by atoms with Crippen molar-refractivity contribution in [3.8, 4) is 0 Å². The number of alkyl halides is 3. The van der Waals surface area contributed by atoms with E-state index in [9.17, 15) is 22.4 Å². The van der Waals surface area contributed by atoms with Gasteiger partial charge in [-0.25, -0.2) is 19.0 Å². The van der Waals surface area contributed by atoms with Gasteiger partial charge in [-0.1, -0.05) is 20.8 Å². The molecule has 2 aromatic heterocycles. The highest BCUT2D eigenvalue weighted by molar-refractivity contribution is 5.42. The lowest BCUT2D eigenvalue weighted by molar-refractivity contribution is -0.142. The van der Waals surface area contributed by atoms with Crippen LogP contribution in [0.25, 0.3) is 0 Å². The quantitative estimate of drug-likeness (QED) is 0.722. The van der Waals surface area contributed by atoms with Gasteiger partial charge in [-0.05, 0) is 24.8 Å². The van der Waals surface area contributed by atoms with E-state index in [-0.39, 0.29) is 18.3 Å². The Balaban J connectivity index is 1.70. The van der Waals surface area contributed by atoms with Crippen LogP contribution in [0.3, 0.4) is 0 Å². The van der Waals surface area contributed by atoms with Crippen molar-refractivity contribution < 1.29 is 17.6 Å². The van der Waals surface area contributed by atoms with E-state index < -0.39 is 28.7 Å². The predicted octanol–water partition coefficient (Wildman–Crippen LogP) is 3.41. The first kappa shape index (κ1) is 21.2. The maximum absolute atomic E-state index is 14.9. The van der Waals surface area contributed by atoms with E-state index in [0.717, 1.165) is 10.7 Å². The van der Waals surface area contributed by atoms with Crippen molar-refractivity contribution in [1.29, 1.82) is 0 Å². The molecule has 1 aliphatic rings. The SMILES string of the molecule is CC(C)(C)c1ncnc(N2CCC(Cn3nc(C(F)(F)F)ccc3=O)CC2)c1F. The monoisotopic (exact) mass is 413 g/mol. The van der Waals surface area contributed by atoms with Gasteiger partial charge in [-0.15, -0.1) is 0 Å². The molecule has 29 heavy (non-hydrogen) atoms. The van der Waals surface area contributed by atoms with Gasteiger partial charge < -0.3 is 4.90 Å². The van der Waals surface area contributed by atoms with Gasteiger partial charge in [0.05, 0.1) is 5.69 Å². The molecule has 0 radical (unpaired) electrons. The molecule has 0 bridgehead atoms. The van der Waals surface area contributed by atoms with Crippen molar-refractivity contribution in [1.82, 2.24) is 19.7 Å². The second-order valence-corrected chi connectivity index (χ2v) is 8.28. The zero-order valence-electron chi connectivity index (χ0n) is 16.5. The number of nitrogens with zero attached hydrogens (tertiary/aromatic N) is 5. The Morgan fingerprint density at radius 2 is 1.76 bits per heavy atom. The minimum atomic E-state index is -4.60. The Bertz CT molecular complexity index is 927. The Morgan fingerprint density at radius 3 is 2.34 bits per heavy atom. The highest BCUT2D eigenvalue weighted by Gasteiger charge is 2.34. The van der Waals surface area contributed by atoms with Gasteiger partial charge in [0.1, 0.15) is 6.33 Å². The molecule has 2 aromatic rings. The zero-order valence-corrected chi connectivity index (χ0v) is 16.5. The van der Waals surface area contributed by atoms with E-state index >= 15 is 0 Å². The van der Waals surface area contributed by atoms with Crippen LogP contribution < -0.4 is 10.5 Å². The van der Waals surface area contributed by atoms with E-state index in [4.69, 9.17) is 0 Å². The topological polar surface area (TPSA) is 63.9 Å². The summed E-state index contributed by atoms with van der Waals surface area (Å²) in [6, 6.07) is 1.57. The molecule has 0 N–H and O–H groups in total. The molecule has 3 heterocycles. The highest BCUT2D eigenvalue weighted by atomic mass is 19.4. The van der Waals surface area contributed by atoms with E-state index in [1.165, 1.54) is 6.33 Å². The van der Waals surface area contributed by atoms with Crippen LogP contribution in [0, 0.1) is 11.7 Å². The molecule has 0 aliphatic carbocycles. The third-order valence-electron chi connectivity index (χ3n) is 4.98. The summed E-state index contributed by atoms with van der Waals surface area (Å²) >= 11 is 0. The fourth-order valence-electron chi connectivity index (χ4n) is 3.41. The summed E-state index contributed by atoms with van der Waals surface area (Å²) in [6.45, 7) is 6.67. The van der Waals surface area contributed by atoms with E-state index in [2.05, 4.69) is 15.1 Å². The number of aromatic nitrogens is 4. The molecule has 0 saturated carbocycles. The smallest absolute Gasteiger partial charge is 0.354 e. The van der Waals surface area contributed by atoms with Crippen LogP contribution in [0.15, 0.2) is 23.3 Å². The highest BCUT2D eigenvalue weighted by Crippen LogP contribution is 2.30. The summed E-state index contributed by atoms with van der Waals surface area (Å²) in [5.74, 6) is -0.251. The summed E-state index contributed by atoms with van der Waals surface area (Å²) in [6.07, 6.45) is -2.09. The first-order valence-electron chi connectivity index (χ1n) is 9.38. The zero-order chi connectivity index (χ0) is 21.4. The summed E-state index contributed by atoms with van der Waals surface area (Å²) in [5.41, 5.74) is -1.79. The Hall–Kier alpha value is -2.52. The molecule has 0 aromatic carbocycles. The Labute approximate surface area is 165 Å². The van der Waals surface area contributed by atoms with E-state index in [1.54, 1.807) is 0 Å². The largest absolute Gasteiger partial charge is 0.435 e. The molecule has 6 nitrogen and oxygen atoms in total. The standard InChI is InChI=1S/C19H23F4N5O/c1-18(2,3)16-15(20)17(25-11-24-16)27-8-6-12(7-9-27)10-28-14(29)5-4-13(26-28)19(21,22)23/h4-5,11-12H,6-10H2,1-3H3. The van der Waals surface area contributed by atoms with Gasteiger partial charge in [0.15, 0.2) is 17.3 Å². The molecule has 0 atom stereocenters. The fraction of sp³-hybridized carbons (Fsp3) is 0.579. The van der Waals surface area contributed by atoms with Crippen LogP contribution in [-0.4, -0.2) is 32.8 Å². The lowest BCUT2D eigenvalue weighted by Crippen LogP contribution is -2.38. The van der Waals surface area contributed by atoms with Gasteiger partial charge in [0, 0.05) is 31.1 Å². The predicted molar refractivity (Wildman–Crippen MR) is 99.1 cm³/mol. The van der Waals surface area contributed by atoms with Gasteiger partial charge in [0.25, 0.3) is 5.56 Å². The number of anilines is 1. The fourth-order valence-corrected chi connectivity index (χ4v) is 3.41. The lowest BCUT2D eigenvalue weighted by Gasteiger charge is -2.33. The molecule has 158 valence electrons. The molecule has 0 amide bonds. The van der Waals surface area contributed by atoms with Gasteiger partial charge >= 0.3 is 6.18 Å². The van der Waals surface area contributed by atoms with Crippen LogP contribution in [0.1, 0.15) is 45.0 Å². The van der Waals surface area contributed by atoms with Gasteiger partial charge in [-0.2, -0.15) is 18.3 Å². The molecule has 3 rings (SSSR count). The average molecular weight is 413 g/mol. The summed E-state index contributed by atoms with van der Waals surface area (Å²) in [7, 11) is 0. The van der Waals surface area contributed by atoms with Crippen LogP contribution in [0.4, 0.5) is 23.4 Å². The maximum atomic E-state index is 14.9. The number of hydrogen-bond acceptors (Lipinski definition) is 5. The molecule has 1 saturated heterocycles. The summed E-state index contributed by atoms with van der Waals surface area (Å²) < 4.78 is 54.3. The molecule has 1 aliphatic heterocycles. The van der Waals surface area contributed by atoms with Gasteiger partial charge in [0.2, 0.25) is 0 Å². The maximum Gasteiger partial charge on any atom is 0.435 e. The second kappa shape index (κ2) is 7.72. The Morgan fingerprint density at radius 1 is 1.10 bits per heavy atom. The third kappa shape index (κ3) is 4.73. The number of piperidine rings is 1. The first-order valence-corrected chi connectivity index (χ1v) is 9.38. The van der Waals surface area contributed by atoms with Crippen LogP contribution >= 0.6 is 0 Å². The molecule has 0 unspecified atom stereocenters. The minimum Gasteiger partial charge on any atom is -0.354 e. The first-order chi connectivity index (χ1) is 13.5. The second-order valence-electron chi connectivity index (χ2n) is 8.28. The van der Waals surface area contributed by atoms with Crippen molar-refractivity contribution in [2.24, 2.45) is 5.92 Å². The summed E-state index contributed by atoms with van der Waals surface area (Å²) in [4.78, 5) is 21.8. The van der Waals surface area contributed by atoms with Crippen molar-refractivity contribution in [3.63, 3.8) is 0 Å². The lowest BCUT2D eigenvalue weighted by atomic mass is 9.91. The van der Waals surface area contributed by atoms with Crippen LogP contribution in [0.2, 0.25) is 0 Å². The molecule has 10 heteroatoms. The Kier molecular flexibility index (Phi) is 5.64. The number of halogens is 4. The van der Waals surface area contributed by atoms with Crippen molar-refractivity contribution in [2.45, 2.75) is 51.7 Å². The van der Waals surface area contributed by atoms with Crippen molar-refractivity contribution >= 4 is 5.82 Å². The number of hydrogen-bond donors (Lipinski definition) is 0. The normalized spacial score (nSPS) is 16.3. The van der Waals surface area contributed by atoms with E-state index in [0.29, 0.717) is 37.7 Å². The van der Waals surface area contributed by atoms with Crippen molar-refractivity contribution in [2.75, 3.05) is 18.0 Å². The van der Waals surface area contributed by atoms with Gasteiger partial charge in [-0.3, -0.25) is 4.79 Å². The van der Waals surface area contributed by atoms with Crippen molar-refractivity contribution in [3.05, 3.63) is 46.0 Å². The van der Waals surface area contributed by atoms with E-state index in [1.807, 2.05) is 25.7 Å². The molecular weight excluding hydrogens is 390 g/mol. The minimum absolute atomic E-state index is 0.0353. The molecule has 0 spiro atoms. The average Bonchev–Trinajstić information content (AvgIpc) is 2.62. The summed E-state index contributed by atoms with van der Waals surface area (Å²) in [5, 5.41) is 3.45. The molecule has 1 fully saturated rings. The third-order valence-corrected chi connectivity index (χ3v) is 4.98. The van der Waals surface area contributed by atoms with Crippen LogP contribution in [-0.2, 0) is 18.1 Å². The molecular formula is C19H23F4N5O.